The summed E-state index contributed by atoms with van der Waals surface area (Å²) in [4.78, 5) is 7.98. The molecule has 0 bridgehead atoms. The van der Waals surface area contributed by atoms with Crippen molar-refractivity contribution in [3.05, 3.63) is 23.8 Å². The third-order valence-electron chi connectivity index (χ3n) is 1.33. The van der Waals surface area contributed by atoms with Crippen LogP contribution in [0.3, 0.4) is 0 Å². The summed E-state index contributed by atoms with van der Waals surface area (Å²) in [5, 5.41) is 9.45. The molecule has 0 aliphatic carbocycles. The van der Waals surface area contributed by atoms with E-state index in [1.165, 1.54) is 0 Å². The Morgan fingerprint density at radius 3 is 1.85 bits per heavy atom. The first-order valence-electron chi connectivity index (χ1n) is 4.51. The molecular weight excluding hydrogens is 164 g/mol. The second kappa shape index (κ2) is 4.92. The average molecular weight is 182 g/mol. The van der Waals surface area contributed by atoms with Gasteiger partial charge in [0.1, 0.15) is 5.60 Å². The second-order valence-electron chi connectivity index (χ2n) is 3.14. The van der Waals surface area contributed by atoms with Gasteiger partial charge in [-0.05, 0) is 26.3 Å². The van der Waals surface area contributed by atoms with Crippen molar-refractivity contribution >= 4 is 0 Å². The Morgan fingerprint density at radius 2 is 1.54 bits per heavy atom. The summed E-state index contributed by atoms with van der Waals surface area (Å²) in [5.41, 5.74) is 0.0613. The summed E-state index contributed by atoms with van der Waals surface area (Å²) >= 11 is 0. The Morgan fingerprint density at radius 1 is 1.15 bits per heavy atom. The molecule has 0 spiro atoms. The molecule has 1 rings (SSSR count). The molecule has 74 valence electrons. The molecule has 0 amide bonds. The Kier molecular flexibility index (Phi) is 4.56. The molecule has 0 radical (unpaired) electrons. The lowest BCUT2D eigenvalue weighted by atomic mass is 10.1. The molecule has 0 atom stereocenters. The van der Waals surface area contributed by atoms with Gasteiger partial charge in [-0.25, -0.2) is 9.97 Å². The maximum absolute atomic E-state index is 9.45. The van der Waals surface area contributed by atoms with Crippen LogP contribution in [0.4, 0.5) is 0 Å². The van der Waals surface area contributed by atoms with Crippen molar-refractivity contribution in [2.45, 2.75) is 40.2 Å². The quantitative estimate of drug-likeness (QED) is 0.723. The summed E-state index contributed by atoms with van der Waals surface area (Å²) in [5.74, 6) is 0.461. The minimum Gasteiger partial charge on any atom is -0.382 e. The van der Waals surface area contributed by atoms with Crippen LogP contribution in [-0.4, -0.2) is 15.1 Å². The highest BCUT2D eigenvalue weighted by molar-refractivity contribution is 5.05. The van der Waals surface area contributed by atoms with Crippen LogP contribution < -0.4 is 0 Å². The molecule has 0 aliphatic rings. The highest BCUT2D eigenvalue weighted by Gasteiger charge is 2.18. The first kappa shape index (κ1) is 12.0. The molecule has 1 aromatic heterocycles. The van der Waals surface area contributed by atoms with Crippen LogP contribution in [0.1, 0.15) is 39.1 Å². The Balaban J connectivity index is 0.000000671. The predicted molar refractivity (Wildman–Crippen MR) is 53.4 cm³/mol. The fourth-order valence-electron chi connectivity index (χ4n) is 0.709. The molecule has 0 saturated heterocycles. The van der Waals surface area contributed by atoms with Crippen molar-refractivity contribution in [3.8, 4) is 0 Å². The van der Waals surface area contributed by atoms with Gasteiger partial charge in [0.25, 0.3) is 0 Å². The normalized spacial score (nSPS) is 10.3. The van der Waals surface area contributed by atoms with Gasteiger partial charge >= 0.3 is 0 Å². The van der Waals surface area contributed by atoms with Crippen LogP contribution in [0.25, 0.3) is 0 Å². The number of hydrogen-bond donors (Lipinski definition) is 1. The van der Waals surface area contributed by atoms with Crippen LogP contribution in [0.2, 0.25) is 0 Å². The Labute approximate surface area is 79.9 Å². The van der Waals surface area contributed by atoms with E-state index in [0.717, 1.165) is 5.56 Å². The smallest absolute Gasteiger partial charge is 0.159 e. The number of aryl methyl sites for hydroxylation is 1. The van der Waals surface area contributed by atoms with E-state index in [2.05, 4.69) is 9.97 Å². The average Bonchev–Trinajstić information content (AvgIpc) is 2.07. The molecule has 1 aromatic rings. The molecule has 0 saturated carbocycles. The van der Waals surface area contributed by atoms with Crippen molar-refractivity contribution in [3.63, 3.8) is 0 Å². The summed E-state index contributed by atoms with van der Waals surface area (Å²) < 4.78 is 0. The van der Waals surface area contributed by atoms with Gasteiger partial charge < -0.3 is 5.11 Å². The van der Waals surface area contributed by atoms with E-state index in [0.29, 0.717) is 5.82 Å². The molecule has 1 N–H and O–H groups in total. The topological polar surface area (TPSA) is 46.0 Å². The number of rotatable bonds is 1. The summed E-state index contributed by atoms with van der Waals surface area (Å²) in [7, 11) is 0. The molecule has 0 aromatic carbocycles. The van der Waals surface area contributed by atoms with Gasteiger partial charge in [0, 0.05) is 12.4 Å². The maximum Gasteiger partial charge on any atom is 0.159 e. The summed E-state index contributed by atoms with van der Waals surface area (Å²) in [6, 6.07) is 0. The van der Waals surface area contributed by atoms with Gasteiger partial charge in [-0.15, -0.1) is 0 Å². The van der Waals surface area contributed by atoms with Crippen LogP contribution in [0.15, 0.2) is 12.4 Å². The first-order valence-corrected chi connectivity index (χ1v) is 4.51. The van der Waals surface area contributed by atoms with Gasteiger partial charge in [-0.3, -0.25) is 0 Å². The fourth-order valence-corrected chi connectivity index (χ4v) is 0.709. The molecule has 0 aliphatic heterocycles. The third kappa shape index (κ3) is 3.99. The molecular formula is C10H18N2O. The standard InChI is InChI=1S/C8H12N2O.C2H6/c1-6-4-9-7(10-5-6)8(2,3)11;1-2/h4-5,11H,1-3H3;1-2H3. The zero-order chi connectivity index (χ0) is 10.5. The van der Waals surface area contributed by atoms with E-state index >= 15 is 0 Å². The van der Waals surface area contributed by atoms with E-state index in [-0.39, 0.29) is 0 Å². The Hall–Kier alpha value is -0.960. The van der Waals surface area contributed by atoms with Gasteiger partial charge in [0.2, 0.25) is 0 Å². The first-order chi connectivity index (χ1) is 6.00. The second-order valence-corrected chi connectivity index (χ2v) is 3.14. The molecule has 0 unspecified atom stereocenters. The molecule has 1 heterocycles. The van der Waals surface area contributed by atoms with Gasteiger partial charge in [-0.2, -0.15) is 0 Å². The van der Waals surface area contributed by atoms with Gasteiger partial charge in [0.15, 0.2) is 5.82 Å². The number of aliphatic hydroxyl groups is 1. The lowest BCUT2D eigenvalue weighted by molar-refractivity contribution is 0.0686. The van der Waals surface area contributed by atoms with Crippen molar-refractivity contribution in [1.29, 1.82) is 0 Å². The lowest BCUT2D eigenvalue weighted by Gasteiger charge is -2.14. The van der Waals surface area contributed by atoms with Crippen molar-refractivity contribution < 1.29 is 5.11 Å². The number of nitrogens with zero attached hydrogens (tertiary/aromatic N) is 2. The molecule has 0 fully saturated rings. The van der Waals surface area contributed by atoms with E-state index in [1.807, 2.05) is 20.8 Å². The zero-order valence-corrected chi connectivity index (χ0v) is 9.00. The van der Waals surface area contributed by atoms with Crippen molar-refractivity contribution in [2.24, 2.45) is 0 Å². The van der Waals surface area contributed by atoms with Gasteiger partial charge in [0.05, 0.1) is 0 Å². The minimum atomic E-state index is -0.937. The monoisotopic (exact) mass is 182 g/mol. The summed E-state index contributed by atoms with van der Waals surface area (Å²) in [6.45, 7) is 9.24. The van der Waals surface area contributed by atoms with E-state index in [9.17, 15) is 5.11 Å². The van der Waals surface area contributed by atoms with E-state index in [1.54, 1.807) is 26.2 Å². The Bertz CT molecular complexity index is 236. The lowest BCUT2D eigenvalue weighted by Crippen LogP contribution is -2.19. The fraction of sp³-hybridized carbons (Fsp3) is 0.600. The maximum atomic E-state index is 9.45. The molecule has 3 nitrogen and oxygen atoms in total. The van der Waals surface area contributed by atoms with Crippen molar-refractivity contribution in [1.82, 2.24) is 9.97 Å². The largest absolute Gasteiger partial charge is 0.382 e. The third-order valence-corrected chi connectivity index (χ3v) is 1.33. The minimum absolute atomic E-state index is 0.461. The number of hydrogen-bond acceptors (Lipinski definition) is 3. The van der Waals surface area contributed by atoms with Crippen LogP contribution in [-0.2, 0) is 5.60 Å². The molecule has 13 heavy (non-hydrogen) atoms. The SMILES string of the molecule is CC.Cc1cnc(C(C)(C)O)nc1. The number of aromatic nitrogens is 2. The summed E-state index contributed by atoms with van der Waals surface area (Å²) in [6.07, 6.45) is 3.39. The molecule has 3 heteroatoms. The van der Waals surface area contributed by atoms with Crippen LogP contribution >= 0.6 is 0 Å². The van der Waals surface area contributed by atoms with E-state index < -0.39 is 5.60 Å². The van der Waals surface area contributed by atoms with Crippen molar-refractivity contribution in [2.75, 3.05) is 0 Å². The van der Waals surface area contributed by atoms with Gasteiger partial charge in [-0.1, -0.05) is 13.8 Å². The predicted octanol–water partition coefficient (Wildman–Crippen LogP) is 2.04. The highest BCUT2D eigenvalue weighted by atomic mass is 16.3. The zero-order valence-electron chi connectivity index (χ0n) is 9.00. The van der Waals surface area contributed by atoms with Crippen LogP contribution in [0, 0.1) is 6.92 Å². The highest BCUT2D eigenvalue weighted by Crippen LogP contribution is 2.13. The van der Waals surface area contributed by atoms with E-state index in [4.69, 9.17) is 0 Å². The van der Waals surface area contributed by atoms with Crippen LogP contribution in [0.5, 0.6) is 0 Å².